The lowest BCUT2D eigenvalue weighted by atomic mass is 10.2. The third-order valence-corrected chi connectivity index (χ3v) is 3.59. The van der Waals surface area contributed by atoms with Gasteiger partial charge in [0.1, 0.15) is 5.51 Å². The fourth-order valence-corrected chi connectivity index (χ4v) is 2.52. The Morgan fingerprint density at radius 3 is 2.60 bits per heavy atom. The van der Waals surface area contributed by atoms with E-state index in [1.54, 1.807) is 24.2 Å². The summed E-state index contributed by atoms with van der Waals surface area (Å²) in [6.07, 6.45) is 0. The van der Waals surface area contributed by atoms with E-state index in [0.717, 1.165) is 14.8 Å². The molecule has 1 aromatic carbocycles. The van der Waals surface area contributed by atoms with Gasteiger partial charge in [-0.05, 0) is 19.1 Å². The standard InChI is InChI=1S/C10H8N2OS2/c1-7(13)8-2-4-9(5-3-8)15-10-12-11-6-14-10/h2-6H,1H3. The normalized spacial score (nSPS) is 10.2. The van der Waals surface area contributed by atoms with E-state index in [2.05, 4.69) is 10.2 Å². The molecule has 0 fully saturated rings. The molecule has 0 saturated carbocycles. The van der Waals surface area contributed by atoms with Crippen LogP contribution >= 0.6 is 23.1 Å². The number of aromatic nitrogens is 2. The number of rotatable bonds is 3. The Labute approximate surface area is 95.6 Å². The highest BCUT2D eigenvalue weighted by atomic mass is 32.2. The SMILES string of the molecule is CC(=O)c1ccc(Sc2nncs2)cc1. The summed E-state index contributed by atoms with van der Waals surface area (Å²) in [5.74, 6) is 0.0856. The first-order valence-electron chi connectivity index (χ1n) is 4.31. The minimum Gasteiger partial charge on any atom is -0.295 e. The van der Waals surface area contributed by atoms with Gasteiger partial charge in [-0.2, -0.15) is 0 Å². The van der Waals surface area contributed by atoms with Crippen molar-refractivity contribution in [3.63, 3.8) is 0 Å². The van der Waals surface area contributed by atoms with Crippen LogP contribution in [0.15, 0.2) is 39.0 Å². The fourth-order valence-electron chi connectivity index (χ4n) is 1.07. The molecule has 15 heavy (non-hydrogen) atoms. The van der Waals surface area contributed by atoms with Crippen molar-refractivity contribution >= 4 is 28.9 Å². The zero-order valence-corrected chi connectivity index (χ0v) is 9.64. The monoisotopic (exact) mass is 236 g/mol. The van der Waals surface area contributed by atoms with E-state index in [0.29, 0.717) is 0 Å². The third-order valence-electron chi connectivity index (χ3n) is 1.81. The van der Waals surface area contributed by atoms with Crippen molar-refractivity contribution < 1.29 is 4.79 Å². The molecule has 0 aliphatic rings. The molecule has 0 N–H and O–H groups in total. The van der Waals surface area contributed by atoms with Crippen LogP contribution in [0.2, 0.25) is 0 Å². The summed E-state index contributed by atoms with van der Waals surface area (Å²) >= 11 is 3.05. The van der Waals surface area contributed by atoms with Gasteiger partial charge in [0.15, 0.2) is 10.1 Å². The average molecular weight is 236 g/mol. The Balaban J connectivity index is 2.14. The number of benzene rings is 1. The summed E-state index contributed by atoms with van der Waals surface area (Å²) in [6, 6.07) is 7.49. The van der Waals surface area contributed by atoms with E-state index in [1.165, 1.54) is 11.3 Å². The summed E-state index contributed by atoms with van der Waals surface area (Å²) in [7, 11) is 0. The van der Waals surface area contributed by atoms with Gasteiger partial charge in [-0.3, -0.25) is 4.79 Å². The first-order valence-corrected chi connectivity index (χ1v) is 6.00. The maximum atomic E-state index is 11.0. The minimum absolute atomic E-state index is 0.0856. The second-order valence-corrected chi connectivity index (χ2v) is 5.04. The van der Waals surface area contributed by atoms with Gasteiger partial charge >= 0.3 is 0 Å². The number of carbonyl (C=O) groups excluding carboxylic acids is 1. The first-order chi connectivity index (χ1) is 7.25. The Bertz CT molecular complexity index is 451. The Hall–Kier alpha value is -1.20. The van der Waals surface area contributed by atoms with Gasteiger partial charge in [0.05, 0.1) is 0 Å². The van der Waals surface area contributed by atoms with E-state index in [1.807, 2.05) is 24.3 Å². The highest BCUT2D eigenvalue weighted by Crippen LogP contribution is 2.28. The molecule has 0 spiro atoms. The molecule has 0 unspecified atom stereocenters. The molecular weight excluding hydrogens is 228 g/mol. The van der Waals surface area contributed by atoms with Crippen molar-refractivity contribution in [1.29, 1.82) is 0 Å². The zero-order valence-electron chi connectivity index (χ0n) is 8.01. The van der Waals surface area contributed by atoms with E-state index in [4.69, 9.17) is 0 Å². The molecule has 0 radical (unpaired) electrons. The molecule has 0 atom stereocenters. The second kappa shape index (κ2) is 4.55. The average Bonchev–Trinajstić information content (AvgIpc) is 2.71. The van der Waals surface area contributed by atoms with E-state index < -0.39 is 0 Å². The number of ketones is 1. The number of carbonyl (C=O) groups is 1. The van der Waals surface area contributed by atoms with Crippen LogP contribution in [0.3, 0.4) is 0 Å². The maximum absolute atomic E-state index is 11.0. The zero-order chi connectivity index (χ0) is 10.7. The van der Waals surface area contributed by atoms with Crippen molar-refractivity contribution in [2.24, 2.45) is 0 Å². The number of Topliss-reactive ketones (excluding diaryl/α,β-unsaturated/α-hetero) is 1. The smallest absolute Gasteiger partial charge is 0.178 e. The van der Waals surface area contributed by atoms with E-state index in [-0.39, 0.29) is 5.78 Å². The Kier molecular flexibility index (Phi) is 3.13. The molecule has 0 saturated heterocycles. The summed E-state index contributed by atoms with van der Waals surface area (Å²) in [6.45, 7) is 1.56. The van der Waals surface area contributed by atoms with E-state index >= 15 is 0 Å². The molecule has 2 aromatic rings. The molecule has 0 aliphatic heterocycles. The van der Waals surface area contributed by atoms with Crippen LogP contribution in [0.1, 0.15) is 17.3 Å². The van der Waals surface area contributed by atoms with Crippen molar-refractivity contribution in [2.45, 2.75) is 16.2 Å². The molecule has 76 valence electrons. The van der Waals surface area contributed by atoms with Gasteiger partial charge in [-0.1, -0.05) is 35.2 Å². The summed E-state index contributed by atoms with van der Waals surface area (Å²) in [5.41, 5.74) is 2.43. The fraction of sp³-hybridized carbons (Fsp3) is 0.100. The minimum atomic E-state index is 0.0856. The molecule has 2 rings (SSSR count). The molecule has 1 heterocycles. The van der Waals surface area contributed by atoms with E-state index in [9.17, 15) is 4.79 Å². The molecule has 1 aromatic heterocycles. The molecule has 0 amide bonds. The predicted molar refractivity (Wildman–Crippen MR) is 60.5 cm³/mol. The lowest BCUT2D eigenvalue weighted by Gasteiger charge is -1.98. The van der Waals surface area contributed by atoms with Crippen LogP contribution in [0.4, 0.5) is 0 Å². The van der Waals surface area contributed by atoms with Gasteiger partial charge in [0, 0.05) is 10.5 Å². The number of hydrogen-bond acceptors (Lipinski definition) is 5. The summed E-state index contributed by atoms with van der Waals surface area (Å²) in [5, 5.41) is 7.69. The number of hydrogen-bond donors (Lipinski definition) is 0. The predicted octanol–water partition coefficient (Wildman–Crippen LogP) is 2.89. The highest BCUT2D eigenvalue weighted by molar-refractivity contribution is 8.01. The van der Waals surface area contributed by atoms with Gasteiger partial charge in [-0.15, -0.1) is 10.2 Å². The Morgan fingerprint density at radius 2 is 2.07 bits per heavy atom. The van der Waals surface area contributed by atoms with Crippen molar-refractivity contribution in [3.05, 3.63) is 35.3 Å². The van der Waals surface area contributed by atoms with Crippen molar-refractivity contribution in [2.75, 3.05) is 0 Å². The van der Waals surface area contributed by atoms with Crippen LogP contribution in [0, 0.1) is 0 Å². The van der Waals surface area contributed by atoms with Crippen LogP contribution in [0.5, 0.6) is 0 Å². The molecule has 0 bridgehead atoms. The summed E-state index contributed by atoms with van der Waals surface area (Å²) < 4.78 is 0.908. The molecule has 5 heteroatoms. The van der Waals surface area contributed by atoms with Gasteiger partial charge in [-0.25, -0.2) is 0 Å². The second-order valence-electron chi connectivity index (χ2n) is 2.89. The lowest BCUT2D eigenvalue weighted by Crippen LogP contribution is -1.90. The first kappa shape index (κ1) is 10.3. The van der Waals surface area contributed by atoms with Gasteiger partial charge < -0.3 is 0 Å². The van der Waals surface area contributed by atoms with Gasteiger partial charge in [0.25, 0.3) is 0 Å². The maximum Gasteiger partial charge on any atom is 0.178 e. The number of nitrogens with zero attached hydrogens (tertiary/aromatic N) is 2. The lowest BCUT2D eigenvalue weighted by molar-refractivity contribution is 0.101. The Morgan fingerprint density at radius 1 is 1.33 bits per heavy atom. The quantitative estimate of drug-likeness (QED) is 0.768. The highest BCUT2D eigenvalue weighted by Gasteiger charge is 2.02. The van der Waals surface area contributed by atoms with Crippen LogP contribution in [-0.4, -0.2) is 16.0 Å². The van der Waals surface area contributed by atoms with Crippen LogP contribution in [-0.2, 0) is 0 Å². The van der Waals surface area contributed by atoms with Crippen LogP contribution < -0.4 is 0 Å². The van der Waals surface area contributed by atoms with Crippen molar-refractivity contribution in [1.82, 2.24) is 10.2 Å². The third kappa shape index (κ3) is 2.64. The van der Waals surface area contributed by atoms with Gasteiger partial charge in [0.2, 0.25) is 0 Å². The van der Waals surface area contributed by atoms with Crippen LogP contribution in [0.25, 0.3) is 0 Å². The van der Waals surface area contributed by atoms with Crippen molar-refractivity contribution in [3.8, 4) is 0 Å². The summed E-state index contributed by atoms with van der Waals surface area (Å²) in [4.78, 5) is 12.1. The largest absolute Gasteiger partial charge is 0.295 e. The molecular formula is C10H8N2OS2. The molecule has 0 aliphatic carbocycles. The molecule has 3 nitrogen and oxygen atoms in total. The topological polar surface area (TPSA) is 42.9 Å².